The van der Waals surface area contributed by atoms with E-state index in [1.807, 2.05) is 0 Å². The van der Waals surface area contributed by atoms with Gasteiger partial charge in [-0.1, -0.05) is 43.6 Å². The van der Waals surface area contributed by atoms with Crippen LogP contribution in [0.4, 0.5) is 5.69 Å². The van der Waals surface area contributed by atoms with Gasteiger partial charge in [0, 0.05) is 17.3 Å². The Hall–Kier alpha value is -1.09. The molecule has 1 unspecified atom stereocenters. The maximum Gasteiger partial charge on any atom is 0.106 e. The predicted octanol–water partition coefficient (Wildman–Crippen LogP) is 3.62. The van der Waals surface area contributed by atoms with E-state index in [1.165, 1.54) is 24.8 Å². The number of benzene rings is 1. The highest BCUT2D eigenvalue weighted by atomic mass is 32.1. The van der Waals surface area contributed by atoms with Crippen LogP contribution < -0.4 is 11.1 Å². The summed E-state index contributed by atoms with van der Waals surface area (Å²) in [5.74, 6) is 0.932. The Bertz CT molecular complexity index is 438. The van der Waals surface area contributed by atoms with E-state index in [1.54, 1.807) is 0 Å². The summed E-state index contributed by atoms with van der Waals surface area (Å²) < 4.78 is 0. The van der Waals surface area contributed by atoms with Crippen LogP contribution in [0.15, 0.2) is 18.2 Å². The molecule has 1 saturated carbocycles. The van der Waals surface area contributed by atoms with Crippen molar-refractivity contribution in [3.8, 4) is 0 Å². The minimum absolute atomic E-state index is 0.475. The monoisotopic (exact) mass is 262 g/mol. The molecular formula is C15H22N2S. The molecule has 0 heterocycles. The number of rotatable bonds is 6. The Kier molecular flexibility index (Phi) is 4.23. The summed E-state index contributed by atoms with van der Waals surface area (Å²) in [7, 11) is 0. The average Bonchev–Trinajstić information content (AvgIpc) is 3.14. The van der Waals surface area contributed by atoms with E-state index in [9.17, 15) is 0 Å². The van der Waals surface area contributed by atoms with E-state index in [2.05, 4.69) is 37.4 Å². The molecule has 0 bridgehead atoms. The fourth-order valence-corrected chi connectivity index (χ4v) is 2.46. The van der Waals surface area contributed by atoms with Crippen molar-refractivity contribution < 1.29 is 0 Å². The molecule has 3 heteroatoms. The molecule has 0 spiro atoms. The van der Waals surface area contributed by atoms with Crippen LogP contribution in [-0.2, 0) is 0 Å². The van der Waals surface area contributed by atoms with Gasteiger partial charge in [-0.05, 0) is 37.8 Å². The molecule has 98 valence electrons. The van der Waals surface area contributed by atoms with Gasteiger partial charge in [0.05, 0.1) is 0 Å². The Balaban J connectivity index is 2.13. The number of hydrogen-bond donors (Lipinski definition) is 2. The van der Waals surface area contributed by atoms with E-state index in [-0.39, 0.29) is 0 Å². The van der Waals surface area contributed by atoms with Crippen molar-refractivity contribution in [2.24, 2.45) is 11.7 Å². The smallest absolute Gasteiger partial charge is 0.106 e. The lowest BCUT2D eigenvalue weighted by Gasteiger charge is -2.20. The average molecular weight is 262 g/mol. The fraction of sp³-hybridized carbons (Fsp3) is 0.533. The second-order valence-electron chi connectivity index (χ2n) is 5.34. The predicted molar refractivity (Wildman–Crippen MR) is 82.1 cm³/mol. The molecule has 0 aliphatic heterocycles. The van der Waals surface area contributed by atoms with Gasteiger partial charge < -0.3 is 11.1 Å². The molecule has 1 atom stereocenters. The quantitative estimate of drug-likeness (QED) is 0.769. The van der Waals surface area contributed by atoms with E-state index in [0.717, 1.165) is 23.6 Å². The summed E-state index contributed by atoms with van der Waals surface area (Å²) in [5, 5.41) is 3.61. The van der Waals surface area contributed by atoms with Gasteiger partial charge in [-0.2, -0.15) is 0 Å². The van der Waals surface area contributed by atoms with Crippen LogP contribution in [0, 0.1) is 12.8 Å². The molecule has 1 aliphatic carbocycles. The van der Waals surface area contributed by atoms with Gasteiger partial charge in [0.2, 0.25) is 0 Å². The molecule has 18 heavy (non-hydrogen) atoms. The zero-order valence-corrected chi connectivity index (χ0v) is 12.0. The van der Waals surface area contributed by atoms with Crippen molar-refractivity contribution in [2.45, 2.75) is 45.6 Å². The number of anilines is 1. The molecule has 1 aromatic rings. The van der Waals surface area contributed by atoms with Crippen LogP contribution in [-0.4, -0.2) is 11.0 Å². The van der Waals surface area contributed by atoms with Crippen molar-refractivity contribution >= 4 is 22.9 Å². The standard InChI is InChI=1S/C15H22N2S/c1-3-12(9-11-5-6-11)17-14-7-4-10(2)8-13(14)15(16)18/h4,7-8,11-12,17H,3,5-6,9H2,1-2H3,(H2,16,18). The molecule has 0 saturated heterocycles. The van der Waals surface area contributed by atoms with Crippen LogP contribution in [0.25, 0.3) is 0 Å². The van der Waals surface area contributed by atoms with Gasteiger partial charge in [-0.25, -0.2) is 0 Å². The topological polar surface area (TPSA) is 38.0 Å². The number of hydrogen-bond acceptors (Lipinski definition) is 2. The van der Waals surface area contributed by atoms with Crippen LogP contribution in [0.3, 0.4) is 0 Å². The summed E-state index contributed by atoms with van der Waals surface area (Å²) in [6.07, 6.45) is 5.20. The van der Waals surface area contributed by atoms with Crippen LogP contribution in [0.2, 0.25) is 0 Å². The third-order valence-corrected chi connectivity index (χ3v) is 3.83. The Morgan fingerprint density at radius 1 is 1.50 bits per heavy atom. The van der Waals surface area contributed by atoms with Crippen molar-refractivity contribution in [3.05, 3.63) is 29.3 Å². The number of nitrogens with one attached hydrogen (secondary N) is 1. The van der Waals surface area contributed by atoms with Crippen molar-refractivity contribution in [2.75, 3.05) is 5.32 Å². The van der Waals surface area contributed by atoms with Gasteiger partial charge in [0.25, 0.3) is 0 Å². The first-order valence-corrected chi connectivity index (χ1v) is 7.18. The molecule has 1 aromatic carbocycles. The molecule has 1 fully saturated rings. The highest BCUT2D eigenvalue weighted by Gasteiger charge is 2.25. The first-order chi connectivity index (χ1) is 8.60. The van der Waals surface area contributed by atoms with Crippen molar-refractivity contribution in [3.63, 3.8) is 0 Å². The van der Waals surface area contributed by atoms with Crippen LogP contribution in [0.5, 0.6) is 0 Å². The summed E-state index contributed by atoms with van der Waals surface area (Å²) in [6, 6.07) is 6.80. The summed E-state index contributed by atoms with van der Waals surface area (Å²) in [6.45, 7) is 4.29. The van der Waals surface area contributed by atoms with Crippen molar-refractivity contribution in [1.29, 1.82) is 0 Å². The lowest BCUT2D eigenvalue weighted by atomic mass is 10.0. The SMILES string of the molecule is CCC(CC1CC1)Nc1ccc(C)cc1C(N)=S. The zero-order chi connectivity index (χ0) is 13.1. The number of aryl methyl sites for hydroxylation is 1. The first kappa shape index (κ1) is 13.3. The lowest BCUT2D eigenvalue weighted by Crippen LogP contribution is -2.22. The molecule has 0 aromatic heterocycles. The number of nitrogens with two attached hydrogens (primary N) is 1. The third kappa shape index (κ3) is 3.45. The van der Waals surface area contributed by atoms with E-state index in [0.29, 0.717) is 11.0 Å². The minimum atomic E-state index is 0.475. The largest absolute Gasteiger partial charge is 0.389 e. The second-order valence-corrected chi connectivity index (χ2v) is 5.78. The second kappa shape index (κ2) is 5.70. The Morgan fingerprint density at radius 3 is 2.78 bits per heavy atom. The maximum absolute atomic E-state index is 5.81. The third-order valence-electron chi connectivity index (χ3n) is 3.61. The van der Waals surface area contributed by atoms with Gasteiger partial charge in [-0.3, -0.25) is 0 Å². The number of thiocarbonyl (C=S) groups is 1. The molecule has 0 amide bonds. The molecule has 3 N–H and O–H groups in total. The normalized spacial score (nSPS) is 16.3. The molecule has 2 nitrogen and oxygen atoms in total. The maximum atomic E-state index is 5.81. The van der Waals surface area contributed by atoms with Crippen molar-refractivity contribution in [1.82, 2.24) is 0 Å². The molecule has 1 aliphatic rings. The minimum Gasteiger partial charge on any atom is -0.389 e. The van der Waals surface area contributed by atoms with E-state index < -0.39 is 0 Å². The van der Waals surface area contributed by atoms with Gasteiger partial charge in [0.15, 0.2) is 0 Å². The molecule has 0 radical (unpaired) electrons. The van der Waals surface area contributed by atoms with Crippen LogP contribution >= 0.6 is 12.2 Å². The highest BCUT2D eigenvalue weighted by Crippen LogP contribution is 2.35. The molecule has 2 rings (SSSR count). The van der Waals surface area contributed by atoms with E-state index in [4.69, 9.17) is 18.0 Å². The fourth-order valence-electron chi connectivity index (χ4n) is 2.29. The molecular weight excluding hydrogens is 240 g/mol. The summed E-state index contributed by atoms with van der Waals surface area (Å²) in [4.78, 5) is 0.475. The Morgan fingerprint density at radius 2 is 2.22 bits per heavy atom. The van der Waals surface area contributed by atoms with Gasteiger partial charge in [-0.15, -0.1) is 0 Å². The lowest BCUT2D eigenvalue weighted by molar-refractivity contribution is 0.587. The van der Waals surface area contributed by atoms with E-state index >= 15 is 0 Å². The zero-order valence-electron chi connectivity index (χ0n) is 11.2. The highest BCUT2D eigenvalue weighted by molar-refractivity contribution is 7.80. The van der Waals surface area contributed by atoms with Crippen LogP contribution in [0.1, 0.15) is 43.7 Å². The first-order valence-electron chi connectivity index (χ1n) is 6.77. The summed E-state index contributed by atoms with van der Waals surface area (Å²) >= 11 is 5.14. The van der Waals surface area contributed by atoms with Gasteiger partial charge >= 0.3 is 0 Å². The van der Waals surface area contributed by atoms with Gasteiger partial charge in [0.1, 0.15) is 4.99 Å². The summed E-state index contributed by atoms with van der Waals surface area (Å²) in [5.41, 5.74) is 9.05. The Labute approximate surface area is 115 Å².